The Morgan fingerprint density at radius 2 is 2.04 bits per heavy atom. The topological polar surface area (TPSA) is 50.2 Å². The Balaban J connectivity index is 1.77. The molecule has 1 N–H and O–H groups in total. The number of para-hydroxylation sites is 2. The first kappa shape index (κ1) is 17.0. The minimum Gasteiger partial charge on any atom is -0.323 e. The predicted octanol–water partition coefficient (Wildman–Crippen LogP) is 4.33. The van der Waals surface area contributed by atoms with E-state index in [4.69, 9.17) is 11.6 Å². The lowest BCUT2D eigenvalue weighted by molar-refractivity contribution is 0.220. The second kappa shape index (κ2) is 7.36. The third-order valence-corrected chi connectivity index (χ3v) is 4.05. The Bertz CT molecular complexity index is 862. The van der Waals surface area contributed by atoms with Gasteiger partial charge in [-0.05, 0) is 30.3 Å². The smallest absolute Gasteiger partial charge is 0.321 e. The van der Waals surface area contributed by atoms with Crippen LogP contribution < -0.4 is 5.32 Å². The summed E-state index contributed by atoms with van der Waals surface area (Å²) in [6.45, 7) is 0.0568. The SMILES string of the molecule is CN(Cc1c(F)cccc1Cl)C(=O)Nc1ccccc1-n1cccn1. The number of nitrogens with zero attached hydrogens (tertiary/aromatic N) is 3. The van der Waals surface area contributed by atoms with Crippen LogP contribution in [0.3, 0.4) is 0 Å². The molecule has 0 aliphatic heterocycles. The number of benzene rings is 2. The molecule has 0 atom stereocenters. The highest BCUT2D eigenvalue weighted by Gasteiger charge is 2.16. The Labute approximate surface area is 149 Å². The van der Waals surface area contributed by atoms with Crippen LogP contribution in [-0.4, -0.2) is 27.8 Å². The molecule has 0 bridgehead atoms. The first-order valence-corrected chi connectivity index (χ1v) is 7.98. The fourth-order valence-electron chi connectivity index (χ4n) is 2.39. The molecular weight excluding hydrogens is 343 g/mol. The van der Waals surface area contributed by atoms with E-state index in [1.807, 2.05) is 18.2 Å². The molecule has 3 aromatic rings. The molecule has 3 rings (SSSR count). The molecule has 1 aromatic heterocycles. The lowest BCUT2D eigenvalue weighted by Crippen LogP contribution is -2.31. The predicted molar refractivity (Wildman–Crippen MR) is 95.5 cm³/mol. The third kappa shape index (κ3) is 3.80. The van der Waals surface area contributed by atoms with E-state index in [0.717, 1.165) is 5.69 Å². The van der Waals surface area contributed by atoms with E-state index in [9.17, 15) is 9.18 Å². The standard InChI is InChI=1S/C18H16ClFN4O/c1-23(12-13-14(19)6-4-7-15(13)20)18(25)22-16-8-2-3-9-17(16)24-11-5-10-21-24/h2-11H,12H2,1H3,(H,22,25). The zero-order chi connectivity index (χ0) is 17.8. The summed E-state index contributed by atoms with van der Waals surface area (Å²) in [6.07, 6.45) is 3.44. The van der Waals surface area contributed by atoms with Crippen LogP contribution in [0, 0.1) is 5.82 Å². The van der Waals surface area contributed by atoms with Crippen LogP contribution in [0.25, 0.3) is 5.69 Å². The summed E-state index contributed by atoms with van der Waals surface area (Å²) in [7, 11) is 1.58. The van der Waals surface area contributed by atoms with Crippen molar-refractivity contribution in [3.8, 4) is 5.69 Å². The Kier molecular flexibility index (Phi) is 5.00. The lowest BCUT2D eigenvalue weighted by atomic mass is 10.2. The number of carbonyl (C=O) groups is 1. The first-order valence-electron chi connectivity index (χ1n) is 7.60. The van der Waals surface area contributed by atoms with Crippen LogP contribution in [-0.2, 0) is 6.54 Å². The van der Waals surface area contributed by atoms with Crippen molar-refractivity contribution < 1.29 is 9.18 Å². The molecule has 128 valence electrons. The fraction of sp³-hybridized carbons (Fsp3) is 0.111. The molecule has 0 fully saturated rings. The number of nitrogens with one attached hydrogen (secondary N) is 1. The number of hydrogen-bond acceptors (Lipinski definition) is 2. The molecule has 0 unspecified atom stereocenters. The Morgan fingerprint density at radius 1 is 1.24 bits per heavy atom. The quantitative estimate of drug-likeness (QED) is 0.754. The van der Waals surface area contributed by atoms with E-state index in [1.54, 1.807) is 42.3 Å². The number of aromatic nitrogens is 2. The van der Waals surface area contributed by atoms with Crippen LogP contribution in [0.2, 0.25) is 5.02 Å². The van der Waals surface area contributed by atoms with E-state index in [0.29, 0.717) is 5.69 Å². The molecule has 1 heterocycles. The minimum atomic E-state index is -0.441. The molecule has 25 heavy (non-hydrogen) atoms. The van der Waals surface area contributed by atoms with Crippen LogP contribution in [0.1, 0.15) is 5.56 Å². The average molecular weight is 359 g/mol. The summed E-state index contributed by atoms with van der Waals surface area (Å²) < 4.78 is 15.6. The summed E-state index contributed by atoms with van der Waals surface area (Å²) in [5.41, 5.74) is 1.61. The van der Waals surface area contributed by atoms with Gasteiger partial charge in [0.05, 0.1) is 17.9 Å². The Morgan fingerprint density at radius 3 is 2.76 bits per heavy atom. The van der Waals surface area contributed by atoms with Crippen LogP contribution in [0.5, 0.6) is 0 Å². The van der Waals surface area contributed by atoms with Gasteiger partial charge in [0.25, 0.3) is 0 Å². The minimum absolute atomic E-state index is 0.0568. The number of urea groups is 1. The number of rotatable bonds is 4. The van der Waals surface area contributed by atoms with Gasteiger partial charge in [-0.15, -0.1) is 0 Å². The highest BCUT2D eigenvalue weighted by molar-refractivity contribution is 6.31. The van der Waals surface area contributed by atoms with Gasteiger partial charge < -0.3 is 10.2 Å². The van der Waals surface area contributed by atoms with Gasteiger partial charge in [-0.1, -0.05) is 29.8 Å². The monoisotopic (exact) mass is 358 g/mol. The number of amides is 2. The van der Waals surface area contributed by atoms with Gasteiger partial charge in [0.2, 0.25) is 0 Å². The molecular formula is C18H16ClFN4O. The van der Waals surface area contributed by atoms with Crippen molar-refractivity contribution >= 4 is 23.3 Å². The molecule has 2 amide bonds. The molecule has 0 aliphatic carbocycles. The normalized spacial score (nSPS) is 10.5. The largest absolute Gasteiger partial charge is 0.323 e. The van der Waals surface area contributed by atoms with Crippen LogP contribution in [0.15, 0.2) is 60.9 Å². The van der Waals surface area contributed by atoms with E-state index >= 15 is 0 Å². The summed E-state index contributed by atoms with van der Waals surface area (Å²) in [6, 6.07) is 13.2. The van der Waals surface area contributed by atoms with Crippen molar-refractivity contribution in [3.05, 3.63) is 77.3 Å². The second-order valence-corrected chi connectivity index (χ2v) is 5.86. The van der Waals surface area contributed by atoms with Gasteiger partial charge in [-0.3, -0.25) is 0 Å². The van der Waals surface area contributed by atoms with Crippen molar-refractivity contribution in [2.45, 2.75) is 6.54 Å². The maximum atomic E-state index is 13.9. The maximum absolute atomic E-state index is 13.9. The maximum Gasteiger partial charge on any atom is 0.321 e. The van der Waals surface area contributed by atoms with Crippen molar-refractivity contribution in [2.75, 3.05) is 12.4 Å². The third-order valence-electron chi connectivity index (χ3n) is 3.70. The fourth-order valence-corrected chi connectivity index (χ4v) is 2.62. The summed E-state index contributed by atoms with van der Waals surface area (Å²) in [5, 5.41) is 7.28. The van der Waals surface area contributed by atoms with Crippen LogP contribution >= 0.6 is 11.6 Å². The molecule has 7 heteroatoms. The van der Waals surface area contributed by atoms with Crippen molar-refractivity contribution in [2.24, 2.45) is 0 Å². The lowest BCUT2D eigenvalue weighted by Gasteiger charge is -2.20. The summed E-state index contributed by atoms with van der Waals surface area (Å²) >= 11 is 6.02. The molecule has 0 radical (unpaired) electrons. The number of halogens is 2. The second-order valence-electron chi connectivity index (χ2n) is 5.45. The summed E-state index contributed by atoms with van der Waals surface area (Å²) in [5.74, 6) is -0.441. The van der Waals surface area contributed by atoms with Gasteiger partial charge in [0.1, 0.15) is 5.82 Å². The first-order chi connectivity index (χ1) is 12.1. The van der Waals surface area contributed by atoms with E-state index in [2.05, 4.69) is 10.4 Å². The molecule has 0 saturated carbocycles. The van der Waals surface area contributed by atoms with E-state index in [1.165, 1.54) is 17.0 Å². The molecule has 0 saturated heterocycles. The van der Waals surface area contributed by atoms with Crippen molar-refractivity contribution in [1.29, 1.82) is 0 Å². The summed E-state index contributed by atoms with van der Waals surface area (Å²) in [4.78, 5) is 13.8. The van der Waals surface area contributed by atoms with Crippen molar-refractivity contribution in [3.63, 3.8) is 0 Å². The van der Waals surface area contributed by atoms with Gasteiger partial charge in [-0.25, -0.2) is 13.9 Å². The van der Waals surface area contributed by atoms with E-state index in [-0.39, 0.29) is 23.2 Å². The molecule has 2 aromatic carbocycles. The molecule has 0 spiro atoms. The number of carbonyl (C=O) groups excluding carboxylic acids is 1. The highest BCUT2D eigenvalue weighted by atomic mass is 35.5. The zero-order valence-electron chi connectivity index (χ0n) is 13.5. The van der Waals surface area contributed by atoms with E-state index < -0.39 is 5.82 Å². The molecule has 5 nitrogen and oxygen atoms in total. The molecule has 0 aliphatic rings. The number of hydrogen-bond donors (Lipinski definition) is 1. The highest BCUT2D eigenvalue weighted by Crippen LogP contribution is 2.22. The average Bonchev–Trinajstić information content (AvgIpc) is 3.13. The van der Waals surface area contributed by atoms with Crippen LogP contribution in [0.4, 0.5) is 14.9 Å². The van der Waals surface area contributed by atoms with Crippen molar-refractivity contribution in [1.82, 2.24) is 14.7 Å². The van der Waals surface area contributed by atoms with Gasteiger partial charge in [0.15, 0.2) is 0 Å². The zero-order valence-corrected chi connectivity index (χ0v) is 14.2. The van der Waals surface area contributed by atoms with Gasteiger partial charge in [0, 0.05) is 30.0 Å². The number of anilines is 1. The van der Waals surface area contributed by atoms with Gasteiger partial charge >= 0.3 is 6.03 Å². The Hall–Kier alpha value is -2.86. The van der Waals surface area contributed by atoms with Gasteiger partial charge in [-0.2, -0.15) is 5.10 Å².